The van der Waals surface area contributed by atoms with E-state index < -0.39 is 0 Å². The van der Waals surface area contributed by atoms with Crippen molar-refractivity contribution in [2.75, 3.05) is 27.3 Å². The average molecular weight is 354 g/mol. The summed E-state index contributed by atoms with van der Waals surface area (Å²) in [6, 6.07) is 16.2. The van der Waals surface area contributed by atoms with Crippen molar-refractivity contribution in [3.63, 3.8) is 0 Å². The molecule has 26 heavy (non-hydrogen) atoms. The van der Waals surface area contributed by atoms with Gasteiger partial charge in [0, 0.05) is 25.7 Å². The molecule has 1 aliphatic rings. The predicted octanol–water partition coefficient (Wildman–Crippen LogP) is 3.79. The molecule has 5 nitrogen and oxygen atoms in total. The molecule has 1 aliphatic heterocycles. The van der Waals surface area contributed by atoms with Gasteiger partial charge in [0.2, 0.25) is 0 Å². The number of urea groups is 1. The molecule has 2 aromatic carbocycles. The molecule has 0 radical (unpaired) electrons. The zero-order valence-corrected chi connectivity index (χ0v) is 15.4. The fraction of sp³-hybridized carbons (Fsp3) is 0.381. The minimum Gasteiger partial charge on any atom is -0.497 e. The maximum atomic E-state index is 12.5. The van der Waals surface area contributed by atoms with Crippen molar-refractivity contribution >= 4 is 6.03 Å². The van der Waals surface area contributed by atoms with Crippen molar-refractivity contribution in [3.05, 3.63) is 59.7 Å². The van der Waals surface area contributed by atoms with E-state index in [1.807, 2.05) is 29.2 Å². The van der Waals surface area contributed by atoms with Gasteiger partial charge in [-0.15, -0.1) is 0 Å². The second-order valence-electron chi connectivity index (χ2n) is 6.55. The van der Waals surface area contributed by atoms with E-state index in [0.29, 0.717) is 12.5 Å². The van der Waals surface area contributed by atoms with Crippen LogP contribution in [0.3, 0.4) is 0 Å². The molecule has 0 atom stereocenters. The summed E-state index contributed by atoms with van der Waals surface area (Å²) in [7, 11) is 3.24. The van der Waals surface area contributed by atoms with Crippen molar-refractivity contribution in [1.82, 2.24) is 10.2 Å². The highest BCUT2D eigenvalue weighted by Gasteiger charge is 2.23. The number of carbonyl (C=O) groups excluding carboxylic acids is 1. The summed E-state index contributed by atoms with van der Waals surface area (Å²) >= 11 is 0. The molecule has 2 amide bonds. The minimum absolute atomic E-state index is 0.0155. The van der Waals surface area contributed by atoms with Crippen molar-refractivity contribution in [2.45, 2.75) is 25.3 Å². The van der Waals surface area contributed by atoms with E-state index in [1.54, 1.807) is 14.2 Å². The number of methoxy groups -OCH3 is 2. The van der Waals surface area contributed by atoms with Gasteiger partial charge >= 0.3 is 6.03 Å². The van der Waals surface area contributed by atoms with Gasteiger partial charge in [-0.3, -0.25) is 0 Å². The van der Waals surface area contributed by atoms with Crippen LogP contribution in [-0.2, 0) is 6.54 Å². The number of amides is 2. The normalized spacial score (nSPS) is 14.8. The Kier molecular flexibility index (Phi) is 6.00. The van der Waals surface area contributed by atoms with Crippen LogP contribution in [0.5, 0.6) is 11.5 Å². The number of piperidine rings is 1. The van der Waals surface area contributed by atoms with Crippen LogP contribution in [0, 0.1) is 0 Å². The molecule has 1 saturated heterocycles. The lowest BCUT2D eigenvalue weighted by Gasteiger charge is -2.32. The van der Waals surface area contributed by atoms with E-state index in [4.69, 9.17) is 9.47 Å². The third-order valence-corrected chi connectivity index (χ3v) is 4.91. The Morgan fingerprint density at radius 2 is 1.65 bits per heavy atom. The van der Waals surface area contributed by atoms with E-state index in [9.17, 15) is 4.79 Å². The first-order chi connectivity index (χ1) is 12.7. The molecule has 1 heterocycles. The van der Waals surface area contributed by atoms with Gasteiger partial charge < -0.3 is 19.7 Å². The van der Waals surface area contributed by atoms with Crippen molar-refractivity contribution < 1.29 is 14.3 Å². The van der Waals surface area contributed by atoms with E-state index >= 15 is 0 Å². The van der Waals surface area contributed by atoms with Gasteiger partial charge in [-0.05, 0) is 42.0 Å². The molecule has 0 aromatic heterocycles. The van der Waals surface area contributed by atoms with Crippen LogP contribution in [0.25, 0.3) is 0 Å². The van der Waals surface area contributed by atoms with E-state index in [-0.39, 0.29) is 6.03 Å². The van der Waals surface area contributed by atoms with Gasteiger partial charge in [-0.1, -0.05) is 30.3 Å². The van der Waals surface area contributed by atoms with Crippen LogP contribution in [0.4, 0.5) is 4.79 Å². The van der Waals surface area contributed by atoms with Crippen LogP contribution in [0.1, 0.15) is 29.9 Å². The summed E-state index contributed by atoms with van der Waals surface area (Å²) in [5, 5.41) is 3.00. The average Bonchev–Trinajstić information content (AvgIpc) is 2.72. The van der Waals surface area contributed by atoms with E-state index in [2.05, 4.69) is 29.6 Å². The number of ether oxygens (including phenoxy) is 2. The molecule has 3 rings (SSSR count). The Morgan fingerprint density at radius 1 is 1.04 bits per heavy atom. The second-order valence-corrected chi connectivity index (χ2v) is 6.55. The number of hydrogen-bond donors (Lipinski definition) is 1. The van der Waals surface area contributed by atoms with Gasteiger partial charge in [0.05, 0.1) is 14.2 Å². The Labute approximate surface area is 154 Å². The smallest absolute Gasteiger partial charge is 0.317 e. The highest BCUT2D eigenvalue weighted by atomic mass is 16.5. The van der Waals surface area contributed by atoms with Crippen molar-refractivity contribution in [3.8, 4) is 11.5 Å². The van der Waals surface area contributed by atoms with Crippen LogP contribution in [0.2, 0.25) is 0 Å². The van der Waals surface area contributed by atoms with Gasteiger partial charge in [0.15, 0.2) is 0 Å². The predicted molar refractivity (Wildman–Crippen MR) is 102 cm³/mol. The number of rotatable bonds is 5. The molecule has 1 N–H and O–H groups in total. The molecule has 0 unspecified atom stereocenters. The third kappa shape index (κ3) is 4.48. The van der Waals surface area contributed by atoms with E-state index in [1.165, 1.54) is 5.56 Å². The highest BCUT2D eigenvalue weighted by Crippen LogP contribution is 2.28. The van der Waals surface area contributed by atoms with Gasteiger partial charge in [0.1, 0.15) is 11.5 Å². The lowest BCUT2D eigenvalue weighted by atomic mass is 9.90. The fourth-order valence-corrected chi connectivity index (χ4v) is 3.40. The standard InChI is InChI=1S/C21H26N2O3/c1-25-19-12-16(13-20(14-19)26-2)15-22-21(24)23-10-8-18(9-11-23)17-6-4-3-5-7-17/h3-7,12-14,18H,8-11,15H2,1-2H3,(H,22,24). The largest absolute Gasteiger partial charge is 0.497 e. The van der Waals surface area contributed by atoms with Crippen LogP contribution in [-0.4, -0.2) is 38.2 Å². The fourth-order valence-electron chi connectivity index (χ4n) is 3.40. The first kappa shape index (κ1) is 18.1. The highest BCUT2D eigenvalue weighted by molar-refractivity contribution is 5.74. The SMILES string of the molecule is COc1cc(CNC(=O)N2CCC(c3ccccc3)CC2)cc(OC)c1. The van der Waals surface area contributed by atoms with Gasteiger partial charge in [-0.25, -0.2) is 4.79 Å². The molecule has 0 bridgehead atoms. The Morgan fingerprint density at radius 3 is 2.23 bits per heavy atom. The number of hydrogen-bond acceptors (Lipinski definition) is 3. The maximum Gasteiger partial charge on any atom is 0.317 e. The number of carbonyl (C=O) groups is 1. The summed E-state index contributed by atoms with van der Waals surface area (Å²) in [6.07, 6.45) is 2.01. The third-order valence-electron chi connectivity index (χ3n) is 4.91. The zero-order chi connectivity index (χ0) is 18.4. The molecular weight excluding hydrogens is 328 g/mol. The maximum absolute atomic E-state index is 12.5. The molecule has 1 fully saturated rings. The summed E-state index contributed by atoms with van der Waals surface area (Å²) in [4.78, 5) is 14.4. The molecule has 138 valence electrons. The number of likely N-dealkylation sites (tertiary alicyclic amines) is 1. The first-order valence-electron chi connectivity index (χ1n) is 8.99. The number of benzene rings is 2. The topological polar surface area (TPSA) is 50.8 Å². The molecule has 0 spiro atoms. The summed E-state index contributed by atoms with van der Waals surface area (Å²) in [5.74, 6) is 1.98. The molecule has 2 aromatic rings. The Balaban J connectivity index is 1.52. The van der Waals surface area contributed by atoms with E-state index in [0.717, 1.165) is 43.0 Å². The molecule has 0 saturated carbocycles. The first-order valence-corrected chi connectivity index (χ1v) is 8.99. The molecule has 5 heteroatoms. The second kappa shape index (κ2) is 8.61. The van der Waals surface area contributed by atoms with Crippen molar-refractivity contribution in [1.29, 1.82) is 0 Å². The Bertz CT molecular complexity index is 703. The molecular formula is C21H26N2O3. The quantitative estimate of drug-likeness (QED) is 0.889. The molecule has 0 aliphatic carbocycles. The summed E-state index contributed by atoms with van der Waals surface area (Å²) in [6.45, 7) is 2.02. The lowest BCUT2D eigenvalue weighted by Crippen LogP contribution is -2.43. The number of nitrogens with one attached hydrogen (secondary N) is 1. The zero-order valence-electron chi connectivity index (χ0n) is 15.4. The Hall–Kier alpha value is -2.69. The summed E-state index contributed by atoms with van der Waals surface area (Å²) in [5.41, 5.74) is 2.32. The van der Waals surface area contributed by atoms with Crippen LogP contribution >= 0.6 is 0 Å². The lowest BCUT2D eigenvalue weighted by molar-refractivity contribution is 0.181. The van der Waals surface area contributed by atoms with Crippen LogP contribution < -0.4 is 14.8 Å². The number of nitrogens with zero attached hydrogens (tertiary/aromatic N) is 1. The summed E-state index contributed by atoms with van der Waals surface area (Å²) < 4.78 is 10.5. The van der Waals surface area contributed by atoms with Gasteiger partial charge in [0.25, 0.3) is 0 Å². The van der Waals surface area contributed by atoms with Crippen LogP contribution in [0.15, 0.2) is 48.5 Å². The van der Waals surface area contributed by atoms with Gasteiger partial charge in [-0.2, -0.15) is 0 Å². The van der Waals surface area contributed by atoms with Crippen molar-refractivity contribution in [2.24, 2.45) is 0 Å². The monoisotopic (exact) mass is 354 g/mol. The minimum atomic E-state index is -0.0155.